The summed E-state index contributed by atoms with van der Waals surface area (Å²) in [5, 5.41) is 0. The molecule has 1 unspecified atom stereocenters. The number of carbonyl (C=O) groups is 1. The minimum atomic E-state index is -0.126. The number of halogens is 1. The van der Waals surface area contributed by atoms with Gasteiger partial charge in [-0.05, 0) is 73.3 Å². The molecule has 0 aliphatic carbocycles. The van der Waals surface area contributed by atoms with Crippen LogP contribution in [-0.4, -0.2) is 56.1 Å². The molecule has 5 nitrogen and oxygen atoms in total. The Morgan fingerprint density at radius 1 is 1.00 bits per heavy atom. The van der Waals surface area contributed by atoms with Gasteiger partial charge in [-0.3, -0.25) is 9.69 Å². The van der Waals surface area contributed by atoms with Crippen molar-refractivity contribution in [2.45, 2.75) is 31.7 Å². The van der Waals surface area contributed by atoms with Crippen LogP contribution in [0.2, 0.25) is 0 Å². The maximum atomic E-state index is 13.4. The molecule has 2 aliphatic heterocycles. The van der Waals surface area contributed by atoms with Crippen molar-refractivity contribution in [1.82, 2.24) is 9.80 Å². The van der Waals surface area contributed by atoms with Crippen LogP contribution < -0.4 is 9.47 Å². The van der Waals surface area contributed by atoms with Crippen LogP contribution in [0.15, 0.2) is 40.9 Å². The number of fused-ring (bicyclic) bond motifs is 1. The van der Waals surface area contributed by atoms with E-state index in [-0.39, 0.29) is 11.9 Å². The lowest BCUT2D eigenvalue weighted by atomic mass is 9.87. The number of carbonyl (C=O) groups excluding carboxylic acids is 1. The summed E-state index contributed by atoms with van der Waals surface area (Å²) in [6, 6.07) is 12.3. The number of ether oxygens (including phenoxy) is 2. The Morgan fingerprint density at radius 2 is 1.67 bits per heavy atom. The molecule has 2 aromatic rings. The Bertz CT molecular complexity index is 894. The second kappa shape index (κ2) is 9.40. The van der Waals surface area contributed by atoms with Gasteiger partial charge in [0.25, 0.3) is 0 Å². The standard InChI is InChI=1S/C24H29BrN2O3/c1-29-21-14-18-10-13-27(23(28)16-26-11-4-3-5-12-26)24(20(18)15-22(21)30-2)17-6-8-19(25)9-7-17/h6-9,14-15,24H,3-5,10-13,16H2,1-2H3. The van der Waals surface area contributed by atoms with Gasteiger partial charge in [-0.25, -0.2) is 0 Å². The van der Waals surface area contributed by atoms with E-state index >= 15 is 0 Å². The number of likely N-dealkylation sites (tertiary alicyclic amines) is 1. The maximum Gasteiger partial charge on any atom is 0.237 e. The van der Waals surface area contributed by atoms with Crippen molar-refractivity contribution in [3.8, 4) is 11.5 Å². The van der Waals surface area contributed by atoms with Crippen molar-refractivity contribution in [1.29, 1.82) is 0 Å². The number of amides is 1. The molecule has 1 fully saturated rings. The molecule has 1 atom stereocenters. The number of methoxy groups -OCH3 is 2. The van der Waals surface area contributed by atoms with Crippen LogP contribution in [0.25, 0.3) is 0 Å². The molecule has 0 saturated carbocycles. The summed E-state index contributed by atoms with van der Waals surface area (Å²) in [6.45, 7) is 3.24. The molecule has 4 rings (SSSR count). The quantitative estimate of drug-likeness (QED) is 0.645. The van der Waals surface area contributed by atoms with Gasteiger partial charge in [0.1, 0.15) is 0 Å². The number of benzene rings is 2. The van der Waals surface area contributed by atoms with Gasteiger partial charge in [0, 0.05) is 11.0 Å². The summed E-state index contributed by atoms with van der Waals surface area (Å²) < 4.78 is 12.1. The summed E-state index contributed by atoms with van der Waals surface area (Å²) in [6.07, 6.45) is 4.45. The van der Waals surface area contributed by atoms with Crippen molar-refractivity contribution < 1.29 is 14.3 Å². The molecule has 6 heteroatoms. The fraction of sp³-hybridized carbons (Fsp3) is 0.458. The number of nitrogens with zero attached hydrogens (tertiary/aromatic N) is 2. The fourth-order valence-corrected chi connectivity index (χ4v) is 4.88. The minimum Gasteiger partial charge on any atom is -0.493 e. The molecule has 0 aromatic heterocycles. The maximum absolute atomic E-state index is 13.4. The van der Waals surface area contributed by atoms with E-state index in [2.05, 4.69) is 39.0 Å². The van der Waals surface area contributed by atoms with Gasteiger partial charge >= 0.3 is 0 Å². The Labute approximate surface area is 187 Å². The Kier molecular flexibility index (Phi) is 6.64. The molecule has 2 aromatic carbocycles. The average molecular weight is 473 g/mol. The van der Waals surface area contributed by atoms with Crippen LogP contribution in [0.5, 0.6) is 11.5 Å². The van der Waals surface area contributed by atoms with Crippen LogP contribution in [0.1, 0.15) is 42.0 Å². The molecule has 0 radical (unpaired) electrons. The topological polar surface area (TPSA) is 42.0 Å². The van der Waals surface area contributed by atoms with E-state index in [9.17, 15) is 4.79 Å². The smallest absolute Gasteiger partial charge is 0.237 e. The van der Waals surface area contributed by atoms with E-state index in [0.29, 0.717) is 18.8 Å². The first-order valence-electron chi connectivity index (χ1n) is 10.6. The number of hydrogen-bond donors (Lipinski definition) is 0. The number of piperidine rings is 1. The Hall–Kier alpha value is -2.05. The van der Waals surface area contributed by atoms with Gasteiger partial charge in [-0.1, -0.05) is 34.5 Å². The molecule has 1 amide bonds. The number of rotatable bonds is 5. The van der Waals surface area contributed by atoms with Crippen LogP contribution in [0, 0.1) is 0 Å². The van der Waals surface area contributed by atoms with E-state index in [1.807, 2.05) is 23.1 Å². The third-order valence-corrected chi connectivity index (χ3v) is 6.72. The van der Waals surface area contributed by atoms with Crippen molar-refractivity contribution in [3.05, 3.63) is 57.6 Å². The first-order valence-corrected chi connectivity index (χ1v) is 11.4. The third-order valence-electron chi connectivity index (χ3n) is 6.19. The molecule has 0 bridgehead atoms. The highest BCUT2D eigenvalue weighted by molar-refractivity contribution is 9.10. The second-order valence-electron chi connectivity index (χ2n) is 8.03. The van der Waals surface area contributed by atoms with Crippen LogP contribution in [0.4, 0.5) is 0 Å². The van der Waals surface area contributed by atoms with Gasteiger partial charge in [-0.15, -0.1) is 0 Å². The van der Waals surface area contributed by atoms with E-state index in [1.165, 1.54) is 24.8 Å². The molecule has 1 saturated heterocycles. The summed E-state index contributed by atoms with van der Waals surface area (Å²) >= 11 is 3.53. The molecular formula is C24H29BrN2O3. The highest BCUT2D eigenvalue weighted by Gasteiger charge is 2.34. The van der Waals surface area contributed by atoms with Crippen molar-refractivity contribution in [3.63, 3.8) is 0 Å². The molecule has 2 aliphatic rings. The molecule has 2 heterocycles. The molecule has 30 heavy (non-hydrogen) atoms. The molecule has 0 N–H and O–H groups in total. The van der Waals surface area contributed by atoms with E-state index in [4.69, 9.17) is 9.47 Å². The van der Waals surface area contributed by atoms with E-state index in [1.54, 1.807) is 14.2 Å². The monoisotopic (exact) mass is 472 g/mol. The largest absolute Gasteiger partial charge is 0.493 e. The Balaban J connectivity index is 1.71. The summed E-state index contributed by atoms with van der Waals surface area (Å²) in [5.41, 5.74) is 3.44. The lowest BCUT2D eigenvalue weighted by Gasteiger charge is -2.39. The Morgan fingerprint density at radius 3 is 2.33 bits per heavy atom. The lowest BCUT2D eigenvalue weighted by Crippen LogP contribution is -2.46. The SMILES string of the molecule is COc1cc2c(cc1OC)C(c1ccc(Br)cc1)N(C(=O)CN1CCCCC1)CC2. The predicted octanol–water partition coefficient (Wildman–Crippen LogP) is 4.43. The van der Waals surface area contributed by atoms with E-state index < -0.39 is 0 Å². The molecular weight excluding hydrogens is 444 g/mol. The van der Waals surface area contributed by atoms with Crippen molar-refractivity contribution in [2.24, 2.45) is 0 Å². The average Bonchev–Trinajstić information content (AvgIpc) is 2.78. The first-order chi connectivity index (χ1) is 14.6. The molecule has 0 spiro atoms. The normalized spacial score (nSPS) is 19.3. The van der Waals surface area contributed by atoms with Gasteiger partial charge < -0.3 is 14.4 Å². The lowest BCUT2D eigenvalue weighted by molar-refractivity contribution is -0.134. The first kappa shape index (κ1) is 21.2. The van der Waals surface area contributed by atoms with Gasteiger partial charge in [0.05, 0.1) is 26.8 Å². The van der Waals surface area contributed by atoms with Crippen molar-refractivity contribution >= 4 is 21.8 Å². The van der Waals surface area contributed by atoms with Gasteiger partial charge in [0.15, 0.2) is 11.5 Å². The van der Waals surface area contributed by atoms with Crippen molar-refractivity contribution in [2.75, 3.05) is 40.4 Å². The van der Waals surface area contributed by atoms with E-state index in [0.717, 1.165) is 40.9 Å². The third kappa shape index (κ3) is 4.35. The fourth-order valence-electron chi connectivity index (χ4n) is 4.62. The second-order valence-corrected chi connectivity index (χ2v) is 8.95. The predicted molar refractivity (Wildman–Crippen MR) is 121 cm³/mol. The van der Waals surface area contributed by atoms with Crippen LogP contribution in [0.3, 0.4) is 0 Å². The summed E-state index contributed by atoms with van der Waals surface area (Å²) in [5.74, 6) is 1.63. The van der Waals surface area contributed by atoms with Gasteiger partial charge in [-0.2, -0.15) is 0 Å². The molecule has 160 valence electrons. The minimum absolute atomic E-state index is 0.126. The van der Waals surface area contributed by atoms with Crippen LogP contribution in [-0.2, 0) is 11.2 Å². The summed E-state index contributed by atoms with van der Waals surface area (Å²) in [4.78, 5) is 17.8. The zero-order valence-corrected chi connectivity index (χ0v) is 19.3. The highest BCUT2D eigenvalue weighted by atomic mass is 79.9. The highest BCUT2D eigenvalue weighted by Crippen LogP contribution is 2.41. The summed E-state index contributed by atoms with van der Waals surface area (Å²) in [7, 11) is 3.31. The van der Waals surface area contributed by atoms with Gasteiger partial charge in [0.2, 0.25) is 5.91 Å². The zero-order valence-electron chi connectivity index (χ0n) is 17.7. The zero-order chi connectivity index (χ0) is 21.1. The van der Waals surface area contributed by atoms with Crippen LogP contribution >= 0.6 is 15.9 Å². The number of hydrogen-bond acceptors (Lipinski definition) is 4.